The summed E-state index contributed by atoms with van der Waals surface area (Å²) in [5.74, 6) is 0.899. The van der Waals surface area contributed by atoms with Gasteiger partial charge in [0.2, 0.25) is 5.91 Å². The van der Waals surface area contributed by atoms with E-state index in [2.05, 4.69) is 10.6 Å². The fraction of sp³-hybridized carbons (Fsp3) is 0.158. The molecule has 3 aromatic rings. The van der Waals surface area contributed by atoms with E-state index >= 15 is 0 Å². The van der Waals surface area contributed by atoms with Crippen LogP contribution in [0.25, 0.3) is 11.3 Å². The molecule has 0 saturated heterocycles. The van der Waals surface area contributed by atoms with Crippen LogP contribution < -0.4 is 10.6 Å². The molecule has 0 saturated carbocycles. The van der Waals surface area contributed by atoms with E-state index in [1.54, 1.807) is 18.2 Å². The number of amides is 2. The van der Waals surface area contributed by atoms with Gasteiger partial charge in [0, 0.05) is 23.6 Å². The summed E-state index contributed by atoms with van der Waals surface area (Å²) in [7, 11) is 0. The molecule has 3 rings (SSSR count). The number of nitrogens with one attached hydrogen (secondary N) is 2. The maximum atomic E-state index is 11.9. The fourth-order valence-corrected chi connectivity index (χ4v) is 2.43. The Morgan fingerprint density at radius 1 is 1.00 bits per heavy atom. The molecule has 2 aromatic heterocycles. The smallest absolute Gasteiger partial charge is 0.254 e. The van der Waals surface area contributed by atoms with Crippen LogP contribution >= 0.6 is 11.6 Å². The summed E-state index contributed by atoms with van der Waals surface area (Å²) in [5.41, 5.74) is 1.34. The largest absolute Gasteiger partial charge is 0.472 e. The zero-order valence-corrected chi connectivity index (χ0v) is 14.6. The van der Waals surface area contributed by atoms with E-state index < -0.39 is 0 Å². The summed E-state index contributed by atoms with van der Waals surface area (Å²) >= 11 is 5.87. The zero-order valence-electron chi connectivity index (χ0n) is 13.8. The second-order valence-corrected chi connectivity index (χ2v) is 6.00. The topological polar surface area (TPSA) is 84.5 Å². The summed E-state index contributed by atoms with van der Waals surface area (Å²) in [6.45, 7) is 0.520. The number of hydrogen-bond donors (Lipinski definition) is 2. The Labute approximate surface area is 155 Å². The average Bonchev–Trinajstić information content (AvgIpc) is 3.32. The van der Waals surface area contributed by atoms with Crippen LogP contribution in [0, 0.1) is 0 Å². The van der Waals surface area contributed by atoms with Crippen molar-refractivity contribution in [2.24, 2.45) is 0 Å². The Morgan fingerprint density at radius 2 is 1.81 bits per heavy atom. The van der Waals surface area contributed by atoms with E-state index in [1.165, 1.54) is 12.5 Å². The third kappa shape index (κ3) is 4.77. The molecule has 0 aliphatic carbocycles. The molecule has 0 atom stereocenters. The standard InChI is InChI=1S/C19H17ClN2O4/c20-15-3-1-13(2-4-15)17-6-5-16(26-17)11-22-18(23)7-9-21-19(24)14-8-10-25-12-14/h1-6,8,10,12H,7,9,11H2,(H,21,24)(H,22,23). The van der Waals surface area contributed by atoms with Crippen LogP contribution in [0.2, 0.25) is 5.02 Å². The van der Waals surface area contributed by atoms with E-state index in [1.807, 2.05) is 24.3 Å². The van der Waals surface area contributed by atoms with E-state index in [4.69, 9.17) is 20.4 Å². The molecule has 6 nitrogen and oxygen atoms in total. The maximum Gasteiger partial charge on any atom is 0.254 e. The van der Waals surface area contributed by atoms with Crippen LogP contribution in [0.5, 0.6) is 0 Å². The van der Waals surface area contributed by atoms with Gasteiger partial charge in [0.25, 0.3) is 5.91 Å². The highest BCUT2D eigenvalue weighted by Crippen LogP contribution is 2.23. The number of benzene rings is 1. The van der Waals surface area contributed by atoms with Crippen molar-refractivity contribution < 1.29 is 18.4 Å². The normalized spacial score (nSPS) is 10.5. The van der Waals surface area contributed by atoms with Crippen LogP contribution in [0.1, 0.15) is 22.5 Å². The van der Waals surface area contributed by atoms with E-state index in [9.17, 15) is 9.59 Å². The maximum absolute atomic E-state index is 11.9. The number of carbonyl (C=O) groups is 2. The molecule has 2 amide bonds. The molecular weight excluding hydrogens is 356 g/mol. The number of carbonyl (C=O) groups excluding carboxylic acids is 2. The van der Waals surface area contributed by atoms with Gasteiger partial charge >= 0.3 is 0 Å². The number of furan rings is 2. The second kappa shape index (κ2) is 8.40. The highest BCUT2D eigenvalue weighted by atomic mass is 35.5. The van der Waals surface area contributed by atoms with Crippen molar-refractivity contribution >= 4 is 23.4 Å². The predicted molar refractivity (Wildman–Crippen MR) is 96.7 cm³/mol. The molecule has 0 spiro atoms. The number of hydrogen-bond acceptors (Lipinski definition) is 4. The lowest BCUT2D eigenvalue weighted by Crippen LogP contribution is -2.30. The van der Waals surface area contributed by atoms with Crippen molar-refractivity contribution in [1.29, 1.82) is 0 Å². The minimum Gasteiger partial charge on any atom is -0.472 e. The first-order valence-electron chi connectivity index (χ1n) is 8.03. The van der Waals surface area contributed by atoms with Gasteiger partial charge in [0.15, 0.2) is 0 Å². The lowest BCUT2D eigenvalue weighted by molar-refractivity contribution is -0.121. The minimum atomic E-state index is -0.273. The number of halogens is 1. The molecule has 7 heteroatoms. The molecule has 0 bridgehead atoms. The Morgan fingerprint density at radius 3 is 2.54 bits per heavy atom. The summed E-state index contributed by atoms with van der Waals surface area (Å²) in [6.07, 6.45) is 2.95. The van der Waals surface area contributed by atoms with Gasteiger partial charge in [0.1, 0.15) is 17.8 Å². The molecule has 0 aliphatic heterocycles. The van der Waals surface area contributed by atoms with E-state index in [0.29, 0.717) is 22.1 Å². The minimum absolute atomic E-state index is 0.175. The van der Waals surface area contributed by atoms with Gasteiger partial charge in [-0.25, -0.2) is 0 Å². The van der Waals surface area contributed by atoms with Crippen molar-refractivity contribution in [2.75, 3.05) is 6.54 Å². The quantitative estimate of drug-likeness (QED) is 0.663. The Balaban J connectivity index is 1.42. The average molecular weight is 373 g/mol. The van der Waals surface area contributed by atoms with E-state index in [0.717, 1.165) is 5.56 Å². The third-order valence-corrected chi connectivity index (χ3v) is 3.92. The number of rotatable bonds is 7. The van der Waals surface area contributed by atoms with Gasteiger partial charge < -0.3 is 19.5 Å². The first-order chi connectivity index (χ1) is 12.6. The Hall–Kier alpha value is -2.99. The first kappa shape index (κ1) is 17.8. The van der Waals surface area contributed by atoms with Crippen LogP contribution in [-0.2, 0) is 11.3 Å². The van der Waals surface area contributed by atoms with E-state index in [-0.39, 0.29) is 31.3 Å². The molecule has 0 unspecified atom stereocenters. The molecule has 0 radical (unpaired) electrons. The zero-order chi connectivity index (χ0) is 18.4. The van der Waals surface area contributed by atoms with Gasteiger partial charge in [-0.15, -0.1) is 0 Å². The van der Waals surface area contributed by atoms with Crippen molar-refractivity contribution in [3.8, 4) is 11.3 Å². The van der Waals surface area contributed by atoms with Crippen LogP contribution in [-0.4, -0.2) is 18.4 Å². The highest BCUT2D eigenvalue weighted by Gasteiger charge is 2.09. The summed E-state index contributed by atoms with van der Waals surface area (Å²) in [4.78, 5) is 23.6. The lowest BCUT2D eigenvalue weighted by atomic mass is 10.2. The van der Waals surface area contributed by atoms with Gasteiger partial charge in [-0.1, -0.05) is 11.6 Å². The molecule has 0 fully saturated rings. The SMILES string of the molecule is O=C(CCNC(=O)c1ccoc1)NCc1ccc(-c2ccc(Cl)cc2)o1. The summed E-state index contributed by atoms with van der Waals surface area (Å²) < 4.78 is 10.5. The molecule has 26 heavy (non-hydrogen) atoms. The molecule has 134 valence electrons. The van der Waals surface area contributed by atoms with Gasteiger partial charge in [-0.3, -0.25) is 9.59 Å². The van der Waals surface area contributed by atoms with Crippen molar-refractivity contribution in [2.45, 2.75) is 13.0 Å². The fourth-order valence-electron chi connectivity index (χ4n) is 2.30. The summed E-state index contributed by atoms with van der Waals surface area (Å²) in [6, 6.07) is 12.5. The van der Waals surface area contributed by atoms with Crippen LogP contribution in [0.3, 0.4) is 0 Å². The molecular formula is C19H17ClN2O4. The lowest BCUT2D eigenvalue weighted by Gasteiger charge is -2.05. The first-order valence-corrected chi connectivity index (χ1v) is 8.41. The van der Waals surface area contributed by atoms with Gasteiger partial charge in [0.05, 0.1) is 18.4 Å². The summed E-state index contributed by atoms with van der Waals surface area (Å²) in [5, 5.41) is 6.07. The van der Waals surface area contributed by atoms with Gasteiger partial charge in [-0.05, 0) is 42.5 Å². The molecule has 2 heterocycles. The van der Waals surface area contributed by atoms with Crippen molar-refractivity contribution in [3.63, 3.8) is 0 Å². The van der Waals surface area contributed by atoms with Gasteiger partial charge in [-0.2, -0.15) is 0 Å². The highest BCUT2D eigenvalue weighted by molar-refractivity contribution is 6.30. The second-order valence-electron chi connectivity index (χ2n) is 5.57. The molecule has 1 aromatic carbocycles. The van der Waals surface area contributed by atoms with Crippen molar-refractivity contribution in [1.82, 2.24) is 10.6 Å². The van der Waals surface area contributed by atoms with Crippen LogP contribution in [0.4, 0.5) is 0 Å². The third-order valence-electron chi connectivity index (χ3n) is 3.67. The Bertz CT molecular complexity index is 869. The molecule has 2 N–H and O–H groups in total. The Kier molecular flexibility index (Phi) is 5.76. The van der Waals surface area contributed by atoms with Crippen molar-refractivity contribution in [3.05, 3.63) is 71.3 Å². The predicted octanol–water partition coefficient (Wildman–Crippen LogP) is 3.63. The monoisotopic (exact) mass is 372 g/mol. The molecule has 0 aliphatic rings. The van der Waals surface area contributed by atoms with Crippen LogP contribution in [0.15, 0.2) is 63.8 Å².